The van der Waals surface area contributed by atoms with Crippen LogP contribution in [-0.2, 0) is 0 Å². The molecule has 2 N–H and O–H groups in total. The van der Waals surface area contributed by atoms with Gasteiger partial charge < -0.3 is 14.6 Å². The number of hydrogen-bond acceptors (Lipinski definition) is 5. The first-order valence-corrected chi connectivity index (χ1v) is 8.50. The van der Waals surface area contributed by atoms with Crippen molar-refractivity contribution >= 4 is 33.8 Å². The number of rotatable bonds is 3. The number of aromatic carboxylic acids is 1. The fraction of sp³-hybridized carbons (Fsp3) is 0. The third kappa shape index (κ3) is 2.90. The summed E-state index contributed by atoms with van der Waals surface area (Å²) >= 11 is 5.49. The van der Waals surface area contributed by atoms with Gasteiger partial charge in [0, 0.05) is 34.2 Å². The fourth-order valence-electron chi connectivity index (χ4n) is 3.21. The third-order valence-electron chi connectivity index (χ3n) is 4.42. The van der Waals surface area contributed by atoms with Crippen LogP contribution >= 0.6 is 11.6 Å². The lowest BCUT2D eigenvalue weighted by atomic mass is 9.90. The van der Waals surface area contributed by atoms with Crippen LogP contribution in [0.1, 0.15) is 20.7 Å². The molecule has 0 saturated heterocycles. The van der Waals surface area contributed by atoms with Crippen LogP contribution in [0.25, 0.3) is 33.4 Å². The van der Waals surface area contributed by atoms with Crippen LogP contribution in [0.15, 0.2) is 63.8 Å². The molecule has 0 spiro atoms. The van der Waals surface area contributed by atoms with Gasteiger partial charge in [-0.1, -0.05) is 6.07 Å². The molecule has 0 unspecified atom stereocenters. The number of benzene rings is 3. The van der Waals surface area contributed by atoms with E-state index in [4.69, 9.17) is 16.0 Å². The minimum Gasteiger partial charge on any atom is -0.508 e. The number of halogens is 1. The predicted octanol–water partition coefficient (Wildman–Crippen LogP) is 4.35. The van der Waals surface area contributed by atoms with Crippen LogP contribution in [0.5, 0.6) is 5.75 Å². The van der Waals surface area contributed by atoms with Gasteiger partial charge in [0.1, 0.15) is 17.1 Å². The Labute approximate surface area is 162 Å². The SMILES string of the molecule is O=C(Cl)c1ccc(-c2c3ccc(=O)cc-3oc3cc(O)ccc23)c(C(=O)O)c1. The van der Waals surface area contributed by atoms with Gasteiger partial charge in [0.25, 0.3) is 5.24 Å². The van der Waals surface area contributed by atoms with Gasteiger partial charge in [-0.05, 0) is 53.6 Å². The van der Waals surface area contributed by atoms with Crippen molar-refractivity contribution in [3.05, 3.63) is 75.9 Å². The van der Waals surface area contributed by atoms with E-state index in [2.05, 4.69) is 0 Å². The van der Waals surface area contributed by atoms with Gasteiger partial charge in [0.2, 0.25) is 0 Å². The predicted molar refractivity (Wildman–Crippen MR) is 103 cm³/mol. The molecule has 138 valence electrons. The van der Waals surface area contributed by atoms with Crippen LogP contribution in [0.2, 0.25) is 0 Å². The molecule has 7 heteroatoms. The summed E-state index contributed by atoms with van der Waals surface area (Å²) in [6, 6.07) is 12.8. The smallest absolute Gasteiger partial charge is 0.336 e. The van der Waals surface area contributed by atoms with E-state index in [0.717, 1.165) is 0 Å². The van der Waals surface area contributed by atoms with Crippen molar-refractivity contribution in [2.45, 2.75) is 0 Å². The maximum atomic E-state index is 11.9. The number of phenolic OH excluding ortho intramolecular Hbond substituents is 1. The Balaban J connectivity index is 2.17. The maximum Gasteiger partial charge on any atom is 0.336 e. The average Bonchev–Trinajstić information content (AvgIpc) is 2.65. The zero-order valence-electron chi connectivity index (χ0n) is 14.1. The van der Waals surface area contributed by atoms with Crippen LogP contribution in [0.3, 0.4) is 0 Å². The average molecular weight is 395 g/mol. The number of hydrogen-bond donors (Lipinski definition) is 2. The lowest BCUT2D eigenvalue weighted by Gasteiger charge is -2.17. The highest BCUT2D eigenvalue weighted by molar-refractivity contribution is 6.67. The second-order valence-electron chi connectivity index (χ2n) is 6.15. The molecule has 1 aliphatic heterocycles. The van der Waals surface area contributed by atoms with E-state index in [0.29, 0.717) is 22.1 Å². The van der Waals surface area contributed by atoms with Crippen LogP contribution in [0, 0.1) is 0 Å². The molecule has 0 saturated carbocycles. The summed E-state index contributed by atoms with van der Waals surface area (Å²) in [5.41, 5.74) is 1.28. The Morgan fingerprint density at radius 2 is 1.68 bits per heavy atom. The third-order valence-corrected chi connectivity index (χ3v) is 4.64. The maximum absolute atomic E-state index is 11.9. The van der Waals surface area contributed by atoms with E-state index in [9.17, 15) is 24.6 Å². The lowest BCUT2D eigenvalue weighted by molar-refractivity contribution is 0.0697. The largest absolute Gasteiger partial charge is 0.508 e. The van der Waals surface area contributed by atoms with Crippen molar-refractivity contribution in [3.63, 3.8) is 0 Å². The van der Waals surface area contributed by atoms with Crippen molar-refractivity contribution in [1.29, 1.82) is 0 Å². The molecule has 0 radical (unpaired) electrons. The molecule has 2 aromatic carbocycles. The quantitative estimate of drug-likeness (QED) is 0.395. The molecule has 0 amide bonds. The molecular formula is C21H11ClO6. The summed E-state index contributed by atoms with van der Waals surface area (Å²) < 4.78 is 5.75. The standard InChI is InChI=1S/C21H11ClO6/c22-20(25)10-1-4-13(16(7-10)21(26)27)19-14-5-2-11(23)8-17(14)28-18-9-12(24)3-6-15(18)19/h1-9,23H,(H,26,27). The van der Waals surface area contributed by atoms with Crippen molar-refractivity contribution in [2.24, 2.45) is 0 Å². The topological polar surface area (TPSA) is 105 Å². The van der Waals surface area contributed by atoms with E-state index in [-0.39, 0.29) is 33.6 Å². The highest BCUT2D eigenvalue weighted by Crippen LogP contribution is 2.42. The molecule has 6 nitrogen and oxygen atoms in total. The van der Waals surface area contributed by atoms with Crippen LogP contribution in [0.4, 0.5) is 0 Å². The normalized spacial score (nSPS) is 11.0. The van der Waals surface area contributed by atoms with E-state index in [1.54, 1.807) is 12.1 Å². The van der Waals surface area contributed by atoms with Crippen LogP contribution < -0.4 is 5.43 Å². The first-order chi connectivity index (χ1) is 13.3. The Kier molecular flexibility index (Phi) is 4.13. The molecule has 2 aliphatic rings. The molecule has 0 fully saturated rings. The van der Waals surface area contributed by atoms with Crippen molar-refractivity contribution in [3.8, 4) is 28.2 Å². The number of carboxylic acids is 1. The van der Waals surface area contributed by atoms with E-state index in [1.807, 2.05) is 0 Å². The van der Waals surface area contributed by atoms with Crippen molar-refractivity contribution in [2.75, 3.05) is 0 Å². The number of carbonyl (C=O) groups is 2. The van der Waals surface area contributed by atoms with Gasteiger partial charge in [0.05, 0.1) is 5.56 Å². The van der Waals surface area contributed by atoms with Gasteiger partial charge in [-0.2, -0.15) is 0 Å². The first-order valence-electron chi connectivity index (χ1n) is 8.12. The highest BCUT2D eigenvalue weighted by Gasteiger charge is 2.22. The minimum atomic E-state index is -1.24. The Morgan fingerprint density at radius 1 is 0.929 bits per heavy atom. The Hall–Kier alpha value is -3.64. The zero-order valence-corrected chi connectivity index (χ0v) is 14.9. The number of phenols is 1. The van der Waals surface area contributed by atoms with Crippen LogP contribution in [-0.4, -0.2) is 21.4 Å². The molecular weight excluding hydrogens is 384 g/mol. The Morgan fingerprint density at radius 3 is 2.39 bits per heavy atom. The zero-order chi connectivity index (χ0) is 20.0. The van der Waals surface area contributed by atoms with Gasteiger partial charge in [0.15, 0.2) is 5.43 Å². The molecule has 0 aromatic heterocycles. The molecule has 0 bridgehead atoms. The molecule has 4 rings (SSSR count). The number of aromatic hydroxyl groups is 1. The van der Waals surface area contributed by atoms with E-state index >= 15 is 0 Å². The van der Waals surface area contributed by atoms with Crippen molar-refractivity contribution in [1.82, 2.24) is 0 Å². The van der Waals surface area contributed by atoms with Gasteiger partial charge in [-0.15, -0.1) is 0 Å². The molecule has 28 heavy (non-hydrogen) atoms. The minimum absolute atomic E-state index is 0.0404. The second kappa shape index (κ2) is 6.51. The summed E-state index contributed by atoms with van der Waals surface area (Å²) in [5.74, 6) is -1.04. The second-order valence-corrected chi connectivity index (χ2v) is 6.50. The Bertz CT molecular complexity index is 1300. The summed E-state index contributed by atoms with van der Waals surface area (Å²) in [7, 11) is 0. The highest BCUT2D eigenvalue weighted by atomic mass is 35.5. The van der Waals surface area contributed by atoms with E-state index in [1.165, 1.54) is 42.5 Å². The summed E-state index contributed by atoms with van der Waals surface area (Å²) in [6.07, 6.45) is 0. The molecule has 2 aromatic rings. The monoisotopic (exact) mass is 394 g/mol. The number of carboxylic acid groups (broad SMARTS) is 1. The van der Waals surface area contributed by atoms with Gasteiger partial charge in [-0.3, -0.25) is 9.59 Å². The molecule has 1 aliphatic carbocycles. The number of fused-ring (bicyclic) bond motifs is 2. The summed E-state index contributed by atoms with van der Waals surface area (Å²) in [5, 5.41) is 19.3. The lowest BCUT2D eigenvalue weighted by Crippen LogP contribution is -2.05. The molecule has 0 atom stereocenters. The first kappa shape index (κ1) is 17.8. The molecule has 1 heterocycles. The van der Waals surface area contributed by atoms with Crippen molar-refractivity contribution < 1.29 is 24.2 Å². The number of carbonyl (C=O) groups excluding carboxylic acids is 1. The van der Waals surface area contributed by atoms with Gasteiger partial charge in [-0.25, -0.2) is 4.79 Å². The summed E-state index contributed by atoms with van der Waals surface area (Å²) in [4.78, 5) is 35.1. The fourth-order valence-corrected chi connectivity index (χ4v) is 3.33. The van der Waals surface area contributed by atoms with E-state index < -0.39 is 11.2 Å². The summed E-state index contributed by atoms with van der Waals surface area (Å²) in [6.45, 7) is 0. The van der Waals surface area contributed by atoms with Gasteiger partial charge >= 0.3 is 5.97 Å².